The fraction of sp³-hybridized carbons (Fsp3) is 0.500. The summed E-state index contributed by atoms with van der Waals surface area (Å²) in [5, 5.41) is 8.56. The Balaban J connectivity index is 1.99. The molecular weight excluding hydrogens is 246 g/mol. The van der Waals surface area contributed by atoms with E-state index in [9.17, 15) is 13.2 Å². The lowest BCUT2D eigenvalue weighted by Crippen LogP contribution is -2.38. The number of H-pyrrole nitrogens is 1. The molecule has 1 amide bonds. The van der Waals surface area contributed by atoms with Crippen LogP contribution in [0.1, 0.15) is 12.8 Å². The molecule has 17 heavy (non-hydrogen) atoms. The van der Waals surface area contributed by atoms with Crippen LogP contribution in [0.25, 0.3) is 0 Å². The van der Waals surface area contributed by atoms with Gasteiger partial charge < -0.3 is 11.1 Å². The highest BCUT2D eigenvalue weighted by Gasteiger charge is 2.24. The van der Waals surface area contributed by atoms with E-state index < -0.39 is 10.0 Å². The van der Waals surface area contributed by atoms with Gasteiger partial charge in [0.15, 0.2) is 0 Å². The number of carbonyl (C=O) groups is 1. The smallest absolute Gasteiger partial charge is 0.245 e. The number of amides is 1. The number of sulfonamides is 1. The average Bonchev–Trinajstić information content (AvgIpc) is 2.85. The van der Waals surface area contributed by atoms with Gasteiger partial charge in [0.25, 0.3) is 0 Å². The zero-order valence-electron chi connectivity index (χ0n) is 8.93. The van der Waals surface area contributed by atoms with Crippen molar-refractivity contribution in [2.75, 3.05) is 12.3 Å². The first-order valence-electron chi connectivity index (χ1n) is 5.07. The number of hydrogen-bond donors (Lipinski definition) is 4. The van der Waals surface area contributed by atoms with Crippen molar-refractivity contribution in [1.29, 1.82) is 0 Å². The number of anilines is 1. The summed E-state index contributed by atoms with van der Waals surface area (Å²) in [4.78, 5) is 10.9. The number of hydrogen-bond acceptors (Lipinski definition) is 5. The van der Waals surface area contributed by atoms with Crippen molar-refractivity contribution < 1.29 is 13.2 Å². The van der Waals surface area contributed by atoms with Gasteiger partial charge in [0, 0.05) is 19.0 Å². The number of nitrogens with zero attached hydrogens (tertiary/aromatic N) is 1. The normalized spacial score (nSPS) is 20.5. The van der Waals surface area contributed by atoms with E-state index in [-0.39, 0.29) is 29.2 Å². The first-order chi connectivity index (χ1) is 7.99. The third-order valence-corrected chi connectivity index (χ3v) is 3.98. The van der Waals surface area contributed by atoms with Crippen molar-refractivity contribution in [3.63, 3.8) is 0 Å². The fourth-order valence-corrected chi connectivity index (χ4v) is 2.72. The first-order valence-corrected chi connectivity index (χ1v) is 6.55. The van der Waals surface area contributed by atoms with Crippen molar-refractivity contribution in [1.82, 2.24) is 20.2 Å². The fourth-order valence-electron chi connectivity index (χ4n) is 1.62. The summed E-state index contributed by atoms with van der Waals surface area (Å²) < 4.78 is 26.0. The number of aromatic nitrogens is 2. The molecule has 1 aliphatic rings. The molecule has 0 spiro atoms. The van der Waals surface area contributed by atoms with Gasteiger partial charge in [-0.25, -0.2) is 13.1 Å². The zero-order valence-corrected chi connectivity index (χ0v) is 9.75. The van der Waals surface area contributed by atoms with Crippen molar-refractivity contribution in [2.24, 2.45) is 0 Å². The second kappa shape index (κ2) is 4.34. The Morgan fingerprint density at radius 2 is 2.35 bits per heavy atom. The van der Waals surface area contributed by atoms with Crippen molar-refractivity contribution >= 4 is 21.7 Å². The highest BCUT2D eigenvalue weighted by Crippen LogP contribution is 2.14. The van der Waals surface area contributed by atoms with Gasteiger partial charge in [-0.05, 0) is 6.42 Å². The van der Waals surface area contributed by atoms with E-state index in [1.807, 2.05) is 0 Å². The molecule has 0 saturated carbocycles. The first kappa shape index (κ1) is 11.9. The summed E-state index contributed by atoms with van der Waals surface area (Å²) in [5.74, 6) is -0.0648. The van der Waals surface area contributed by atoms with E-state index in [4.69, 9.17) is 5.73 Å². The highest BCUT2D eigenvalue weighted by atomic mass is 32.2. The van der Waals surface area contributed by atoms with Crippen LogP contribution in [0.2, 0.25) is 0 Å². The molecule has 1 atom stereocenters. The molecule has 1 saturated heterocycles. The number of nitrogens with two attached hydrogens (primary N) is 1. The molecule has 1 aliphatic heterocycles. The van der Waals surface area contributed by atoms with Gasteiger partial charge >= 0.3 is 0 Å². The highest BCUT2D eigenvalue weighted by molar-refractivity contribution is 7.89. The van der Waals surface area contributed by atoms with Gasteiger partial charge in [0.1, 0.15) is 10.7 Å². The Hall–Kier alpha value is -1.61. The Kier molecular flexibility index (Phi) is 3.03. The SMILES string of the molecule is Nc1[nH]ncc1S(=O)(=O)NCC1CCC(=O)N1. The van der Waals surface area contributed by atoms with Gasteiger partial charge in [-0.2, -0.15) is 5.10 Å². The maximum absolute atomic E-state index is 11.8. The standard InChI is InChI=1S/C8H13N5O3S/c9-8-6(4-10-13-8)17(15,16)11-3-5-1-2-7(14)12-5/h4-5,11H,1-3H2,(H,12,14)(H3,9,10,13). The molecule has 1 fully saturated rings. The van der Waals surface area contributed by atoms with Gasteiger partial charge in [-0.15, -0.1) is 0 Å². The molecule has 1 unspecified atom stereocenters. The molecule has 9 heteroatoms. The topological polar surface area (TPSA) is 130 Å². The quantitative estimate of drug-likeness (QED) is 0.525. The van der Waals surface area contributed by atoms with Crippen molar-refractivity contribution in [2.45, 2.75) is 23.8 Å². The van der Waals surface area contributed by atoms with E-state index in [0.29, 0.717) is 12.8 Å². The van der Waals surface area contributed by atoms with Crippen LogP contribution in [0, 0.1) is 0 Å². The molecule has 5 N–H and O–H groups in total. The molecule has 1 aromatic heterocycles. The molecular formula is C8H13N5O3S. The van der Waals surface area contributed by atoms with E-state index in [1.54, 1.807) is 0 Å². The minimum absolute atomic E-state index is 0.00652. The number of carbonyl (C=O) groups excluding carboxylic acids is 1. The molecule has 0 aromatic carbocycles. The van der Waals surface area contributed by atoms with Crippen LogP contribution in [0.5, 0.6) is 0 Å². The summed E-state index contributed by atoms with van der Waals surface area (Å²) in [6.45, 7) is 0.151. The van der Waals surface area contributed by atoms with E-state index in [0.717, 1.165) is 6.20 Å². The van der Waals surface area contributed by atoms with E-state index in [1.165, 1.54) is 0 Å². The Morgan fingerprint density at radius 3 is 2.88 bits per heavy atom. The molecule has 1 aromatic rings. The van der Waals surface area contributed by atoms with Crippen LogP contribution in [0.3, 0.4) is 0 Å². The predicted octanol–water partition coefficient (Wildman–Crippen LogP) is -1.45. The molecule has 0 aliphatic carbocycles. The van der Waals surface area contributed by atoms with Crippen LogP contribution in [-0.4, -0.2) is 37.1 Å². The third kappa shape index (κ3) is 2.56. The Morgan fingerprint density at radius 1 is 1.59 bits per heavy atom. The molecule has 0 bridgehead atoms. The van der Waals surface area contributed by atoms with Gasteiger partial charge in [-0.1, -0.05) is 0 Å². The van der Waals surface area contributed by atoms with Crippen LogP contribution < -0.4 is 15.8 Å². The second-order valence-corrected chi connectivity index (χ2v) is 5.54. The molecule has 94 valence electrons. The van der Waals surface area contributed by atoms with Crippen LogP contribution in [0.4, 0.5) is 5.82 Å². The van der Waals surface area contributed by atoms with E-state index in [2.05, 4.69) is 20.2 Å². The van der Waals surface area contributed by atoms with Gasteiger partial charge in [0.05, 0.1) is 6.20 Å². The minimum Gasteiger partial charge on any atom is -0.383 e. The second-order valence-electron chi connectivity index (χ2n) is 3.80. The van der Waals surface area contributed by atoms with Gasteiger partial charge in [0.2, 0.25) is 15.9 Å². The zero-order chi connectivity index (χ0) is 12.5. The number of nitrogen functional groups attached to an aromatic ring is 1. The lowest BCUT2D eigenvalue weighted by molar-refractivity contribution is -0.119. The monoisotopic (exact) mass is 259 g/mol. The van der Waals surface area contributed by atoms with E-state index >= 15 is 0 Å². The van der Waals surface area contributed by atoms with Gasteiger partial charge in [-0.3, -0.25) is 9.89 Å². The number of nitrogens with one attached hydrogen (secondary N) is 3. The van der Waals surface area contributed by atoms with Crippen molar-refractivity contribution in [3.8, 4) is 0 Å². The lowest BCUT2D eigenvalue weighted by Gasteiger charge is -2.11. The van der Waals surface area contributed by atoms with Crippen molar-refractivity contribution in [3.05, 3.63) is 6.20 Å². The molecule has 2 heterocycles. The molecule has 8 nitrogen and oxygen atoms in total. The number of aromatic amines is 1. The number of rotatable bonds is 4. The van der Waals surface area contributed by atoms with Crippen LogP contribution >= 0.6 is 0 Å². The maximum Gasteiger partial charge on any atom is 0.245 e. The maximum atomic E-state index is 11.8. The summed E-state index contributed by atoms with van der Waals surface area (Å²) >= 11 is 0. The van der Waals surface area contributed by atoms with Crippen LogP contribution in [0.15, 0.2) is 11.1 Å². The van der Waals surface area contributed by atoms with Crippen LogP contribution in [-0.2, 0) is 14.8 Å². The summed E-state index contributed by atoms with van der Waals surface area (Å²) in [6, 6.07) is -0.162. The third-order valence-electron chi connectivity index (χ3n) is 2.53. The lowest BCUT2D eigenvalue weighted by atomic mass is 10.2. The minimum atomic E-state index is -3.67. The largest absolute Gasteiger partial charge is 0.383 e. The molecule has 0 radical (unpaired) electrons. The summed E-state index contributed by atoms with van der Waals surface area (Å²) in [5.41, 5.74) is 5.43. The predicted molar refractivity (Wildman–Crippen MR) is 59.4 cm³/mol. The summed E-state index contributed by atoms with van der Waals surface area (Å²) in [7, 11) is -3.67. The average molecular weight is 259 g/mol. The Bertz CT molecular complexity index is 523. The summed E-state index contributed by atoms with van der Waals surface area (Å²) in [6.07, 6.45) is 2.20. The molecule has 2 rings (SSSR count). The Labute approximate surface area is 98.0 Å².